The van der Waals surface area contributed by atoms with Crippen LogP contribution in [0.3, 0.4) is 0 Å². The van der Waals surface area contributed by atoms with E-state index in [1.807, 2.05) is 36.1 Å². The molecule has 4 aromatic rings. The van der Waals surface area contributed by atoms with Crippen LogP contribution in [0.5, 0.6) is 0 Å². The van der Waals surface area contributed by atoms with Crippen molar-refractivity contribution in [2.75, 3.05) is 32.1 Å². The number of amides is 1. The van der Waals surface area contributed by atoms with Crippen LogP contribution in [0.1, 0.15) is 39.5 Å². The molecule has 3 aromatic heterocycles. The Kier molecular flexibility index (Phi) is 5.26. The van der Waals surface area contributed by atoms with Crippen LogP contribution in [-0.4, -0.2) is 52.1 Å². The lowest BCUT2D eigenvalue weighted by atomic mass is 9.83. The van der Waals surface area contributed by atoms with Crippen LogP contribution in [0.25, 0.3) is 22.2 Å². The number of carbonyl (C=O) groups is 1. The van der Waals surface area contributed by atoms with E-state index in [-0.39, 0.29) is 5.91 Å². The zero-order valence-corrected chi connectivity index (χ0v) is 21.1. The monoisotopic (exact) mass is 494 g/mol. The standard InChI is InChI=1S/C29H30N6O2/c1-34-14-17-16-37-12-9-18(17)21-4-6-26(33-25(21)15-34)32-24-5-3-19(23-13-31-29(36)27(23)24)20-7-10-30-28-22(20)8-11-35(28)2/h3-8,10-11,17-18H,9,12-16H2,1-2H3,(H,31,36)(H,32,33)/t17-,18-/m0/s1. The summed E-state index contributed by atoms with van der Waals surface area (Å²) in [7, 11) is 4.15. The van der Waals surface area contributed by atoms with E-state index in [9.17, 15) is 4.79 Å². The number of carbonyl (C=O) groups excluding carboxylic acids is 1. The number of hydrogen-bond donors (Lipinski definition) is 2. The van der Waals surface area contributed by atoms with Gasteiger partial charge in [0.1, 0.15) is 11.5 Å². The minimum atomic E-state index is -0.0581. The van der Waals surface area contributed by atoms with Gasteiger partial charge in [-0.3, -0.25) is 4.79 Å². The summed E-state index contributed by atoms with van der Waals surface area (Å²) in [5.74, 6) is 1.70. The van der Waals surface area contributed by atoms with Gasteiger partial charge in [0.05, 0.1) is 23.6 Å². The number of rotatable bonds is 3. The molecule has 0 radical (unpaired) electrons. The Hall–Kier alpha value is -3.75. The predicted octanol–water partition coefficient (Wildman–Crippen LogP) is 4.19. The average molecular weight is 495 g/mol. The minimum absolute atomic E-state index is 0.0581. The summed E-state index contributed by atoms with van der Waals surface area (Å²) in [5, 5.41) is 7.59. The highest BCUT2D eigenvalue weighted by atomic mass is 16.5. The highest BCUT2D eigenvalue weighted by Gasteiger charge is 2.33. The molecule has 8 nitrogen and oxygen atoms in total. The van der Waals surface area contributed by atoms with E-state index in [1.54, 1.807) is 0 Å². The molecule has 1 aromatic carbocycles. The van der Waals surface area contributed by atoms with Crippen molar-refractivity contribution in [1.82, 2.24) is 24.8 Å². The Morgan fingerprint density at radius 1 is 1.11 bits per heavy atom. The third kappa shape index (κ3) is 3.70. The molecule has 0 saturated carbocycles. The fourth-order valence-corrected chi connectivity index (χ4v) is 6.39. The van der Waals surface area contributed by atoms with Gasteiger partial charge in [-0.1, -0.05) is 12.1 Å². The van der Waals surface area contributed by atoms with Crippen molar-refractivity contribution in [3.05, 3.63) is 71.2 Å². The molecule has 2 N–H and O–H groups in total. The number of fused-ring (bicyclic) bond motifs is 5. The first-order valence-corrected chi connectivity index (χ1v) is 12.9. The molecule has 37 heavy (non-hydrogen) atoms. The van der Waals surface area contributed by atoms with E-state index in [4.69, 9.17) is 9.72 Å². The van der Waals surface area contributed by atoms with Crippen molar-refractivity contribution in [1.29, 1.82) is 0 Å². The van der Waals surface area contributed by atoms with Gasteiger partial charge in [-0.25, -0.2) is 9.97 Å². The molecule has 6 heterocycles. The number of pyridine rings is 2. The van der Waals surface area contributed by atoms with E-state index >= 15 is 0 Å². The maximum Gasteiger partial charge on any atom is 0.254 e. The summed E-state index contributed by atoms with van der Waals surface area (Å²) in [6, 6.07) is 12.5. The van der Waals surface area contributed by atoms with Crippen LogP contribution in [0.4, 0.5) is 11.5 Å². The summed E-state index contributed by atoms with van der Waals surface area (Å²) >= 11 is 0. The molecule has 3 aliphatic rings. The van der Waals surface area contributed by atoms with Crippen LogP contribution >= 0.6 is 0 Å². The lowest BCUT2D eigenvalue weighted by molar-refractivity contribution is 0.0304. The summed E-state index contributed by atoms with van der Waals surface area (Å²) in [5.41, 5.74) is 8.00. The topological polar surface area (TPSA) is 84.3 Å². The third-order valence-electron chi connectivity index (χ3n) is 8.14. The molecule has 1 fully saturated rings. The number of benzene rings is 1. The Balaban J connectivity index is 1.27. The predicted molar refractivity (Wildman–Crippen MR) is 143 cm³/mol. The van der Waals surface area contributed by atoms with E-state index in [1.165, 1.54) is 5.56 Å². The molecular formula is C29H30N6O2. The van der Waals surface area contributed by atoms with E-state index in [2.05, 4.69) is 51.8 Å². The summed E-state index contributed by atoms with van der Waals surface area (Å²) in [6.07, 6.45) is 4.89. The summed E-state index contributed by atoms with van der Waals surface area (Å²) in [4.78, 5) is 24.9. The molecule has 8 heteroatoms. The number of nitrogens with one attached hydrogen (secondary N) is 2. The first kappa shape index (κ1) is 22.4. The van der Waals surface area contributed by atoms with Crippen molar-refractivity contribution < 1.29 is 9.53 Å². The third-order valence-corrected chi connectivity index (χ3v) is 8.14. The molecule has 1 amide bonds. The van der Waals surface area contributed by atoms with Gasteiger partial charge in [0.2, 0.25) is 0 Å². The van der Waals surface area contributed by atoms with Crippen molar-refractivity contribution in [2.45, 2.75) is 25.4 Å². The quantitative estimate of drug-likeness (QED) is 0.444. The molecule has 0 aliphatic carbocycles. The number of nitrogens with zero attached hydrogens (tertiary/aromatic N) is 4. The Morgan fingerprint density at radius 3 is 2.95 bits per heavy atom. The Bertz CT molecular complexity index is 1540. The maximum absolute atomic E-state index is 13.0. The number of aromatic nitrogens is 3. The van der Waals surface area contributed by atoms with Gasteiger partial charge in [0.15, 0.2) is 0 Å². The molecule has 2 atom stereocenters. The second kappa shape index (κ2) is 8.68. The fraction of sp³-hybridized carbons (Fsp3) is 0.345. The molecule has 188 valence electrons. The second-order valence-electron chi connectivity index (χ2n) is 10.5. The lowest BCUT2D eigenvalue weighted by Gasteiger charge is -2.31. The van der Waals surface area contributed by atoms with Gasteiger partial charge in [-0.15, -0.1) is 0 Å². The zero-order chi connectivity index (χ0) is 25.1. The van der Waals surface area contributed by atoms with Crippen LogP contribution < -0.4 is 10.6 Å². The summed E-state index contributed by atoms with van der Waals surface area (Å²) in [6.45, 7) is 3.95. The Labute approximate surface area is 215 Å². The molecule has 1 saturated heterocycles. The van der Waals surface area contributed by atoms with Crippen LogP contribution in [0, 0.1) is 5.92 Å². The molecule has 0 spiro atoms. The fourth-order valence-electron chi connectivity index (χ4n) is 6.39. The van der Waals surface area contributed by atoms with Crippen LogP contribution in [-0.2, 0) is 24.9 Å². The van der Waals surface area contributed by atoms with Gasteiger partial charge in [-0.2, -0.15) is 0 Å². The van der Waals surface area contributed by atoms with Crippen molar-refractivity contribution in [3.8, 4) is 11.1 Å². The van der Waals surface area contributed by atoms with Crippen LogP contribution in [0.2, 0.25) is 0 Å². The first-order valence-electron chi connectivity index (χ1n) is 12.9. The van der Waals surface area contributed by atoms with Crippen LogP contribution in [0.15, 0.2) is 48.8 Å². The van der Waals surface area contributed by atoms with Gasteiger partial charge in [0.25, 0.3) is 5.91 Å². The lowest BCUT2D eigenvalue weighted by Crippen LogP contribution is -2.32. The second-order valence-corrected chi connectivity index (χ2v) is 10.5. The molecule has 7 rings (SSSR count). The maximum atomic E-state index is 13.0. The number of hydrogen-bond acceptors (Lipinski definition) is 6. The molecule has 3 aliphatic heterocycles. The first-order chi connectivity index (χ1) is 18.1. The number of anilines is 2. The number of aryl methyl sites for hydroxylation is 1. The van der Waals surface area contributed by atoms with Gasteiger partial charge in [0, 0.05) is 57.0 Å². The molecular weight excluding hydrogens is 464 g/mol. The number of ether oxygens (including phenoxy) is 1. The van der Waals surface area contributed by atoms with Crippen molar-refractivity contribution >= 4 is 28.4 Å². The van der Waals surface area contributed by atoms with Crippen molar-refractivity contribution in [3.63, 3.8) is 0 Å². The van der Waals surface area contributed by atoms with E-state index in [0.29, 0.717) is 23.9 Å². The summed E-state index contributed by atoms with van der Waals surface area (Å²) < 4.78 is 7.79. The van der Waals surface area contributed by atoms with E-state index < -0.39 is 0 Å². The zero-order valence-electron chi connectivity index (χ0n) is 21.1. The van der Waals surface area contributed by atoms with Crippen molar-refractivity contribution in [2.24, 2.45) is 13.0 Å². The van der Waals surface area contributed by atoms with E-state index in [0.717, 1.165) is 77.6 Å². The Morgan fingerprint density at radius 2 is 2.03 bits per heavy atom. The SMILES string of the molecule is CN1Cc2nc(Nc3ccc(-c4ccnc5c4ccn5C)c4c3C(=O)NC4)ccc2[C@H]2CCOC[C@@H]2C1. The highest BCUT2D eigenvalue weighted by Crippen LogP contribution is 2.39. The van der Waals surface area contributed by atoms with Gasteiger partial charge in [-0.05, 0) is 65.9 Å². The minimum Gasteiger partial charge on any atom is -0.381 e. The smallest absolute Gasteiger partial charge is 0.254 e. The molecule has 0 unspecified atom stereocenters. The highest BCUT2D eigenvalue weighted by molar-refractivity contribution is 6.07. The normalized spacial score (nSPS) is 21.2. The van der Waals surface area contributed by atoms with Gasteiger partial charge >= 0.3 is 0 Å². The van der Waals surface area contributed by atoms with Gasteiger partial charge < -0.3 is 24.8 Å². The molecule has 0 bridgehead atoms. The largest absolute Gasteiger partial charge is 0.381 e. The average Bonchev–Trinajstić information content (AvgIpc) is 3.44.